The van der Waals surface area contributed by atoms with Crippen molar-refractivity contribution >= 4 is 81.7 Å². The van der Waals surface area contributed by atoms with Crippen LogP contribution in [0.3, 0.4) is 0 Å². The minimum Gasteiger partial charge on any atom is -0.506 e. The summed E-state index contributed by atoms with van der Waals surface area (Å²) in [5, 5.41) is 19.8. The van der Waals surface area contributed by atoms with E-state index in [1.54, 1.807) is 24.3 Å². The number of carbonyl (C=O) groups is 1. The van der Waals surface area contributed by atoms with Crippen LogP contribution < -0.4 is 0 Å². The number of aromatic hydroxyl groups is 2. The molecule has 4 nitrogen and oxygen atoms in total. The van der Waals surface area contributed by atoms with Crippen LogP contribution in [0.2, 0.25) is 0 Å². The summed E-state index contributed by atoms with van der Waals surface area (Å²) in [6, 6.07) is 7.08. The lowest BCUT2D eigenvalue weighted by Crippen LogP contribution is -2.34. The molecule has 1 aliphatic rings. The molecule has 28 heavy (non-hydrogen) atoms. The Morgan fingerprint density at radius 1 is 0.786 bits per heavy atom. The van der Waals surface area contributed by atoms with Crippen LogP contribution in [0.4, 0.5) is 0 Å². The van der Waals surface area contributed by atoms with Gasteiger partial charge in [-0.2, -0.15) is 0 Å². The molecule has 146 valence electrons. The number of likely N-dealkylation sites (N-methyl/N-ethyl adjacent to an activating group) is 1. The summed E-state index contributed by atoms with van der Waals surface area (Å²) in [5.74, 6) is 0.232. The minimum atomic E-state index is -0.0151. The van der Waals surface area contributed by atoms with Crippen molar-refractivity contribution < 1.29 is 15.0 Å². The largest absolute Gasteiger partial charge is 0.506 e. The highest BCUT2D eigenvalue weighted by molar-refractivity contribution is 9.11. The fourth-order valence-electron chi connectivity index (χ4n) is 2.95. The number of Topliss-reactive ketones (excluding diaryl/α,β-unsaturated/α-hetero) is 1. The molecule has 2 aromatic carbocycles. The number of benzene rings is 2. The summed E-state index contributed by atoms with van der Waals surface area (Å²) >= 11 is 13.3. The number of ketones is 1. The van der Waals surface area contributed by atoms with E-state index in [0.29, 0.717) is 42.1 Å². The Morgan fingerprint density at radius 2 is 1.11 bits per heavy atom. The maximum absolute atomic E-state index is 13.0. The maximum atomic E-state index is 13.0. The monoisotopic (exact) mass is 633 g/mol. The Hall–Kier alpha value is -0.930. The molecular formula is C20H15Br4NO3. The summed E-state index contributed by atoms with van der Waals surface area (Å²) in [7, 11) is 1.96. The van der Waals surface area contributed by atoms with E-state index in [1.165, 1.54) is 0 Å². The molecule has 2 aromatic rings. The Balaban J connectivity index is 1.99. The predicted octanol–water partition coefficient (Wildman–Crippen LogP) is 6.13. The molecule has 0 spiro atoms. The molecule has 1 aliphatic heterocycles. The van der Waals surface area contributed by atoms with Crippen LogP contribution in [0.5, 0.6) is 11.5 Å². The third-order valence-electron chi connectivity index (χ3n) is 4.22. The lowest BCUT2D eigenvalue weighted by molar-refractivity contribution is -0.113. The first-order valence-electron chi connectivity index (χ1n) is 8.16. The number of phenolic OH excluding ortho intramolecular Hbond substituents is 2. The van der Waals surface area contributed by atoms with Crippen molar-refractivity contribution in [2.75, 3.05) is 20.1 Å². The van der Waals surface area contributed by atoms with E-state index in [2.05, 4.69) is 68.6 Å². The Labute approximate surface area is 196 Å². The summed E-state index contributed by atoms with van der Waals surface area (Å²) in [6.45, 7) is 1.07. The van der Waals surface area contributed by atoms with E-state index < -0.39 is 0 Å². The van der Waals surface area contributed by atoms with Crippen LogP contribution in [0, 0.1) is 0 Å². The third kappa shape index (κ3) is 4.79. The standard InChI is InChI=1S/C20H15Br4NO3/c1-25-8-12(2-10-4-14(21)19(27)15(22)5-10)18(26)13(9-25)3-11-6-16(23)20(28)17(24)7-11/h2-7,27-28H,8-9H2,1H3/b12-2+,13-3+. The van der Waals surface area contributed by atoms with Gasteiger partial charge in [0.2, 0.25) is 0 Å². The van der Waals surface area contributed by atoms with Crippen molar-refractivity contribution in [2.24, 2.45) is 0 Å². The summed E-state index contributed by atoms with van der Waals surface area (Å²) < 4.78 is 2.22. The molecule has 1 saturated heterocycles. The Bertz CT molecular complexity index is 905. The van der Waals surface area contributed by atoms with E-state index >= 15 is 0 Å². The summed E-state index contributed by atoms with van der Waals surface area (Å²) in [6.07, 6.45) is 3.67. The van der Waals surface area contributed by atoms with Crippen LogP contribution >= 0.6 is 63.7 Å². The second kappa shape index (κ2) is 8.83. The first-order valence-corrected chi connectivity index (χ1v) is 11.3. The van der Waals surface area contributed by atoms with E-state index in [0.717, 1.165) is 11.1 Å². The van der Waals surface area contributed by atoms with Crippen molar-refractivity contribution in [3.63, 3.8) is 0 Å². The van der Waals surface area contributed by atoms with Crippen LogP contribution in [0.1, 0.15) is 11.1 Å². The number of rotatable bonds is 2. The van der Waals surface area contributed by atoms with Gasteiger partial charge in [-0.05, 0) is 118 Å². The molecule has 2 N–H and O–H groups in total. The summed E-state index contributed by atoms with van der Waals surface area (Å²) in [5.41, 5.74) is 2.96. The quantitative estimate of drug-likeness (QED) is 0.390. The predicted molar refractivity (Wildman–Crippen MR) is 125 cm³/mol. The van der Waals surface area contributed by atoms with Gasteiger partial charge in [0.25, 0.3) is 0 Å². The molecule has 1 fully saturated rings. The molecule has 0 aliphatic carbocycles. The first-order chi connectivity index (χ1) is 13.2. The van der Waals surface area contributed by atoms with Crippen LogP contribution in [0.15, 0.2) is 53.3 Å². The smallest absolute Gasteiger partial charge is 0.187 e. The molecule has 1 heterocycles. The van der Waals surface area contributed by atoms with Gasteiger partial charge in [-0.15, -0.1) is 0 Å². The molecule has 0 amide bonds. The van der Waals surface area contributed by atoms with Gasteiger partial charge in [-0.1, -0.05) is 0 Å². The highest BCUT2D eigenvalue weighted by atomic mass is 79.9. The molecule has 8 heteroatoms. The minimum absolute atomic E-state index is 0.0151. The number of piperidine rings is 1. The van der Waals surface area contributed by atoms with Crippen molar-refractivity contribution in [1.82, 2.24) is 4.90 Å². The number of likely N-dealkylation sites (tertiary alicyclic amines) is 1. The molecule has 0 unspecified atom stereocenters. The molecule has 0 aromatic heterocycles. The van der Waals surface area contributed by atoms with E-state index in [4.69, 9.17) is 0 Å². The fourth-order valence-corrected chi connectivity index (χ4v) is 5.39. The molecule has 0 saturated carbocycles. The van der Waals surface area contributed by atoms with Crippen molar-refractivity contribution in [3.05, 3.63) is 64.4 Å². The van der Waals surface area contributed by atoms with E-state index in [-0.39, 0.29) is 17.3 Å². The number of phenols is 2. The highest BCUT2D eigenvalue weighted by Gasteiger charge is 2.24. The summed E-state index contributed by atoms with van der Waals surface area (Å²) in [4.78, 5) is 15.1. The SMILES string of the molecule is CN1C/C(=C\c2cc(Br)c(O)c(Br)c2)C(=O)/C(=C/c2cc(Br)c(O)c(Br)c2)C1. The van der Waals surface area contributed by atoms with Gasteiger partial charge in [-0.3, -0.25) is 9.69 Å². The second-order valence-corrected chi connectivity index (χ2v) is 9.92. The molecular weight excluding hydrogens is 622 g/mol. The number of nitrogens with zero attached hydrogens (tertiary/aromatic N) is 1. The number of halogens is 4. The number of carbonyl (C=O) groups excluding carboxylic acids is 1. The molecule has 0 atom stereocenters. The molecule has 0 radical (unpaired) electrons. The van der Waals surface area contributed by atoms with Gasteiger partial charge in [-0.25, -0.2) is 0 Å². The Kier molecular flexibility index (Phi) is 6.87. The highest BCUT2D eigenvalue weighted by Crippen LogP contribution is 2.36. The molecule has 3 rings (SSSR count). The van der Waals surface area contributed by atoms with Gasteiger partial charge in [0, 0.05) is 24.2 Å². The zero-order chi connectivity index (χ0) is 20.6. The number of hydrogen-bond acceptors (Lipinski definition) is 4. The lowest BCUT2D eigenvalue weighted by Gasteiger charge is -2.26. The first kappa shape index (κ1) is 21.8. The topological polar surface area (TPSA) is 60.8 Å². The van der Waals surface area contributed by atoms with Gasteiger partial charge < -0.3 is 10.2 Å². The average molecular weight is 637 g/mol. The van der Waals surface area contributed by atoms with Gasteiger partial charge in [0.05, 0.1) is 17.9 Å². The molecule has 0 bridgehead atoms. The van der Waals surface area contributed by atoms with E-state index in [9.17, 15) is 15.0 Å². The van der Waals surface area contributed by atoms with Crippen molar-refractivity contribution in [3.8, 4) is 11.5 Å². The van der Waals surface area contributed by atoms with Crippen LogP contribution in [-0.4, -0.2) is 41.0 Å². The van der Waals surface area contributed by atoms with E-state index in [1.807, 2.05) is 19.2 Å². The van der Waals surface area contributed by atoms with Crippen molar-refractivity contribution in [2.45, 2.75) is 0 Å². The van der Waals surface area contributed by atoms with Gasteiger partial charge in [0.15, 0.2) is 5.78 Å². The third-order valence-corrected chi connectivity index (χ3v) is 6.64. The van der Waals surface area contributed by atoms with Crippen LogP contribution in [-0.2, 0) is 4.79 Å². The maximum Gasteiger partial charge on any atom is 0.187 e. The van der Waals surface area contributed by atoms with Gasteiger partial charge >= 0.3 is 0 Å². The normalized spacial score (nSPS) is 18.2. The zero-order valence-corrected chi connectivity index (χ0v) is 21.0. The fraction of sp³-hybridized carbons (Fsp3) is 0.150. The van der Waals surface area contributed by atoms with Gasteiger partial charge in [0.1, 0.15) is 11.5 Å². The van der Waals surface area contributed by atoms with Crippen molar-refractivity contribution in [1.29, 1.82) is 0 Å². The average Bonchev–Trinajstić information content (AvgIpc) is 2.61. The number of hydrogen-bond donors (Lipinski definition) is 2. The second-order valence-electron chi connectivity index (χ2n) is 6.51. The van der Waals surface area contributed by atoms with Crippen LogP contribution in [0.25, 0.3) is 12.2 Å². The lowest BCUT2D eigenvalue weighted by atomic mass is 9.94. The Morgan fingerprint density at radius 3 is 1.43 bits per heavy atom. The zero-order valence-electron chi connectivity index (χ0n) is 14.6.